The van der Waals surface area contributed by atoms with E-state index in [9.17, 15) is 0 Å². The second kappa shape index (κ2) is 5.10. The first kappa shape index (κ1) is 14.3. The fourth-order valence-corrected chi connectivity index (χ4v) is 5.85. The van der Waals surface area contributed by atoms with Crippen LogP contribution >= 0.6 is 0 Å². The predicted molar refractivity (Wildman–Crippen MR) is 88.0 cm³/mol. The van der Waals surface area contributed by atoms with Crippen LogP contribution in [0.4, 0.5) is 0 Å². The Balaban J connectivity index is 2.21. The van der Waals surface area contributed by atoms with Crippen molar-refractivity contribution >= 4 is 18.8 Å². The molecule has 1 nitrogen and oxygen atoms in total. The molecule has 2 aromatic carbocycles. The van der Waals surface area contributed by atoms with Gasteiger partial charge in [-0.3, -0.25) is 0 Å². The summed E-state index contributed by atoms with van der Waals surface area (Å²) in [5.41, 5.74) is 1.45. The average molecular weight is 272 g/mol. The average Bonchev–Trinajstić information content (AvgIpc) is 2.24. The third-order valence-corrected chi connectivity index (χ3v) is 5.13. The van der Waals surface area contributed by atoms with Crippen molar-refractivity contribution in [3.63, 3.8) is 0 Å². The van der Waals surface area contributed by atoms with E-state index in [0.29, 0.717) is 0 Å². The number of quaternary nitrogens is 1. The van der Waals surface area contributed by atoms with Crippen LogP contribution in [-0.2, 0) is 6.54 Å². The first-order valence-electron chi connectivity index (χ1n) is 7.05. The van der Waals surface area contributed by atoms with Crippen molar-refractivity contribution in [2.24, 2.45) is 0 Å². The van der Waals surface area contributed by atoms with E-state index < -0.39 is 8.07 Å². The Kier molecular flexibility index (Phi) is 3.84. The van der Waals surface area contributed by atoms with Crippen LogP contribution in [0.5, 0.6) is 0 Å². The molecule has 0 saturated heterocycles. The van der Waals surface area contributed by atoms with Crippen LogP contribution in [0.15, 0.2) is 42.5 Å². The molecule has 0 aliphatic rings. The number of hydrogen-bond donors (Lipinski definition) is 0. The zero-order valence-electron chi connectivity index (χ0n) is 12.9. The van der Waals surface area contributed by atoms with Crippen molar-refractivity contribution < 1.29 is 4.48 Å². The van der Waals surface area contributed by atoms with E-state index in [-0.39, 0.29) is 0 Å². The minimum Gasteiger partial charge on any atom is -0.328 e. The molecule has 0 aliphatic carbocycles. The van der Waals surface area contributed by atoms with Gasteiger partial charge in [0, 0.05) is 5.56 Å². The fourth-order valence-electron chi connectivity index (χ4n) is 3.17. The van der Waals surface area contributed by atoms with E-state index >= 15 is 0 Å². The molecule has 0 aromatic heterocycles. The maximum atomic E-state index is 2.45. The molecule has 19 heavy (non-hydrogen) atoms. The summed E-state index contributed by atoms with van der Waals surface area (Å²) >= 11 is 0. The highest BCUT2D eigenvalue weighted by Gasteiger charge is 2.26. The largest absolute Gasteiger partial charge is 0.328 e. The first-order valence-corrected chi connectivity index (χ1v) is 10.8. The summed E-state index contributed by atoms with van der Waals surface area (Å²) in [5.74, 6) is 0. The number of rotatable bonds is 4. The summed E-state index contributed by atoms with van der Waals surface area (Å²) in [5, 5.41) is 2.69. The molecule has 2 heteroatoms. The molecular formula is C17H26NSi+. The summed E-state index contributed by atoms with van der Waals surface area (Å²) in [6.07, 6.45) is 1.32. The van der Waals surface area contributed by atoms with Crippen molar-refractivity contribution in [1.82, 2.24) is 0 Å². The Bertz CT molecular complexity index is 567. The third kappa shape index (κ3) is 4.18. The lowest BCUT2D eigenvalue weighted by Gasteiger charge is -2.35. The molecular weight excluding hydrogens is 246 g/mol. The zero-order valence-corrected chi connectivity index (χ0v) is 13.9. The molecule has 0 unspecified atom stereocenters. The van der Waals surface area contributed by atoms with Gasteiger partial charge in [0.25, 0.3) is 0 Å². The molecule has 0 saturated carbocycles. The van der Waals surface area contributed by atoms with Crippen molar-refractivity contribution in [3.05, 3.63) is 48.0 Å². The summed E-state index contributed by atoms with van der Waals surface area (Å²) in [7, 11) is 3.68. The van der Waals surface area contributed by atoms with Crippen molar-refractivity contribution in [2.45, 2.75) is 26.2 Å². The van der Waals surface area contributed by atoms with Crippen molar-refractivity contribution in [3.8, 4) is 0 Å². The smallest absolute Gasteiger partial charge is 0.110 e. The molecule has 0 fully saturated rings. The maximum Gasteiger partial charge on any atom is 0.110 e. The number of hydrogen-bond acceptors (Lipinski definition) is 0. The van der Waals surface area contributed by atoms with Crippen LogP contribution in [-0.4, -0.2) is 32.8 Å². The highest BCUT2D eigenvalue weighted by Crippen LogP contribution is 2.19. The van der Waals surface area contributed by atoms with Gasteiger partial charge in [0.05, 0.1) is 20.3 Å². The molecule has 0 heterocycles. The van der Waals surface area contributed by atoms with Crippen LogP contribution in [0, 0.1) is 0 Å². The normalized spacial score (nSPS) is 12.9. The Hall–Kier alpha value is -1.12. The van der Waals surface area contributed by atoms with Gasteiger partial charge in [0.2, 0.25) is 0 Å². The maximum absolute atomic E-state index is 2.45. The zero-order chi connectivity index (χ0) is 14.1. The number of nitrogens with zero attached hydrogens (tertiary/aromatic N) is 1. The second-order valence-electron chi connectivity index (χ2n) is 7.49. The van der Waals surface area contributed by atoms with E-state index in [1.165, 1.54) is 22.5 Å². The lowest BCUT2D eigenvalue weighted by molar-refractivity contribution is -0.894. The summed E-state index contributed by atoms with van der Waals surface area (Å²) in [4.78, 5) is 0. The van der Waals surface area contributed by atoms with Gasteiger partial charge in [-0.05, 0) is 16.8 Å². The quantitative estimate of drug-likeness (QED) is 0.575. The first-order chi connectivity index (χ1) is 8.75. The Morgan fingerprint density at radius 3 is 2.16 bits per heavy atom. The number of benzene rings is 2. The number of fused-ring (bicyclic) bond motifs is 1. The lowest BCUT2D eigenvalue weighted by Crippen LogP contribution is -2.49. The molecule has 0 N–H and O–H groups in total. The monoisotopic (exact) mass is 272 g/mol. The van der Waals surface area contributed by atoms with Crippen LogP contribution in [0.3, 0.4) is 0 Å². The molecule has 0 spiro atoms. The van der Waals surface area contributed by atoms with Gasteiger partial charge in [0.1, 0.15) is 14.6 Å². The van der Waals surface area contributed by atoms with Crippen LogP contribution in [0.25, 0.3) is 10.8 Å². The molecule has 0 amide bonds. The van der Waals surface area contributed by atoms with Crippen LogP contribution in [0.2, 0.25) is 19.6 Å². The Morgan fingerprint density at radius 1 is 0.895 bits per heavy atom. The van der Waals surface area contributed by atoms with Gasteiger partial charge in [-0.2, -0.15) is 0 Å². The van der Waals surface area contributed by atoms with Crippen LogP contribution in [0.1, 0.15) is 5.56 Å². The van der Waals surface area contributed by atoms with Gasteiger partial charge in [-0.15, -0.1) is 0 Å². The SMILES string of the molecule is C[N+](C)(Cc1ccc2ccccc2c1)C[Si](C)(C)C. The Morgan fingerprint density at radius 2 is 1.53 bits per heavy atom. The van der Waals surface area contributed by atoms with E-state index in [2.05, 4.69) is 76.2 Å². The highest BCUT2D eigenvalue weighted by atomic mass is 28.3. The van der Waals surface area contributed by atoms with Crippen molar-refractivity contribution in [2.75, 3.05) is 20.3 Å². The second-order valence-corrected chi connectivity index (χ2v) is 12.9. The van der Waals surface area contributed by atoms with Crippen LogP contribution < -0.4 is 0 Å². The van der Waals surface area contributed by atoms with E-state index in [4.69, 9.17) is 0 Å². The Labute approximate surface area is 118 Å². The third-order valence-electron chi connectivity index (χ3n) is 3.33. The topological polar surface area (TPSA) is 0 Å². The standard InChI is InChI=1S/C17H26NSi/c1-18(2,14-19(3,4)5)13-15-10-11-16-8-6-7-9-17(16)12-15/h6-12H,13-14H2,1-5H3/q+1. The minimum atomic E-state index is -1.03. The molecule has 0 bridgehead atoms. The molecule has 2 aromatic rings. The lowest BCUT2D eigenvalue weighted by atomic mass is 10.1. The molecule has 102 valence electrons. The van der Waals surface area contributed by atoms with E-state index in [0.717, 1.165) is 11.0 Å². The van der Waals surface area contributed by atoms with Gasteiger partial charge in [0.15, 0.2) is 0 Å². The molecule has 0 aliphatic heterocycles. The molecule has 0 radical (unpaired) electrons. The highest BCUT2D eigenvalue weighted by molar-refractivity contribution is 6.75. The minimum absolute atomic E-state index is 1.03. The summed E-state index contributed by atoms with van der Waals surface area (Å²) in [6.45, 7) is 8.48. The van der Waals surface area contributed by atoms with Crippen molar-refractivity contribution in [1.29, 1.82) is 0 Å². The van der Waals surface area contributed by atoms with E-state index in [1.54, 1.807) is 0 Å². The van der Waals surface area contributed by atoms with Gasteiger partial charge >= 0.3 is 0 Å². The van der Waals surface area contributed by atoms with Gasteiger partial charge < -0.3 is 4.48 Å². The summed E-state index contributed by atoms with van der Waals surface area (Å²) < 4.78 is 1.09. The predicted octanol–water partition coefficient (Wildman–Crippen LogP) is 4.29. The van der Waals surface area contributed by atoms with Gasteiger partial charge in [-0.25, -0.2) is 0 Å². The summed E-state index contributed by atoms with van der Waals surface area (Å²) in [6, 6.07) is 15.5. The fraction of sp³-hybridized carbons (Fsp3) is 0.412. The van der Waals surface area contributed by atoms with E-state index in [1.807, 2.05) is 0 Å². The molecule has 2 rings (SSSR count). The molecule has 0 atom stereocenters. The van der Waals surface area contributed by atoms with Gasteiger partial charge in [-0.1, -0.05) is 56.0 Å².